The summed E-state index contributed by atoms with van der Waals surface area (Å²) in [7, 11) is 0. The Morgan fingerprint density at radius 1 is 0.914 bits per heavy atom. The zero-order valence-corrected chi connectivity index (χ0v) is 18.4. The first-order valence-corrected chi connectivity index (χ1v) is 10.8. The van der Waals surface area contributed by atoms with Crippen LogP contribution in [-0.2, 0) is 16.2 Å². The molecular weight excluding hydrogens is 446 g/mol. The lowest BCUT2D eigenvalue weighted by Crippen LogP contribution is -2.35. The highest BCUT2D eigenvalue weighted by molar-refractivity contribution is 6.32. The summed E-state index contributed by atoms with van der Waals surface area (Å²) in [5, 5.41) is 14.0. The molecule has 4 aromatic carbocycles. The molecule has 5 rings (SSSR count). The maximum Gasteiger partial charge on any atom is 0.282 e. The first kappa shape index (κ1) is 21.8. The molecular formula is C27H19N3O5. The number of carbonyl (C=O) groups is 2. The molecule has 0 atom stereocenters. The largest absolute Gasteiger partial charge is 0.488 e. The minimum atomic E-state index is -0.517. The fourth-order valence-corrected chi connectivity index (χ4v) is 3.93. The topological polar surface area (TPSA) is 102 Å². The standard InChI is InChI=1S/C27H19N3O5/c31-26-24(27(32)29(28-26)20-9-2-1-3-10-20)16-23-22-12-5-4-8-19(22)13-14-25(23)35-17-18-7-6-11-21(15-18)30(33)34/h1-16H,17H2,(H,28,31). The van der Waals surface area contributed by atoms with E-state index >= 15 is 0 Å². The number of fused-ring (bicyclic) bond motifs is 1. The minimum Gasteiger partial charge on any atom is -0.488 e. The molecule has 0 unspecified atom stereocenters. The number of non-ortho nitro benzene ring substituents is 1. The number of nitrogens with one attached hydrogen (secondary N) is 1. The fraction of sp³-hybridized carbons (Fsp3) is 0.0370. The Balaban J connectivity index is 1.53. The first-order valence-electron chi connectivity index (χ1n) is 10.8. The van der Waals surface area contributed by atoms with Crippen molar-refractivity contribution in [2.45, 2.75) is 6.61 Å². The van der Waals surface area contributed by atoms with Gasteiger partial charge in [-0.1, -0.05) is 60.7 Å². The summed E-state index contributed by atoms with van der Waals surface area (Å²) in [4.78, 5) is 36.5. The first-order chi connectivity index (χ1) is 17.0. The second kappa shape index (κ2) is 9.11. The van der Waals surface area contributed by atoms with E-state index in [9.17, 15) is 19.7 Å². The Kier molecular flexibility index (Phi) is 5.68. The van der Waals surface area contributed by atoms with Crippen LogP contribution in [0.2, 0.25) is 0 Å². The zero-order chi connectivity index (χ0) is 24.4. The van der Waals surface area contributed by atoms with Gasteiger partial charge in [-0.05, 0) is 40.6 Å². The average molecular weight is 465 g/mol. The molecule has 1 heterocycles. The Hall–Kier alpha value is -4.98. The van der Waals surface area contributed by atoms with E-state index in [1.54, 1.807) is 42.5 Å². The molecule has 8 heteroatoms. The lowest BCUT2D eigenvalue weighted by atomic mass is 10.0. The summed E-state index contributed by atoms with van der Waals surface area (Å²) in [6, 6.07) is 26.2. The number of anilines is 1. The van der Waals surface area contributed by atoms with Gasteiger partial charge in [-0.2, -0.15) is 0 Å². The van der Waals surface area contributed by atoms with E-state index < -0.39 is 16.7 Å². The van der Waals surface area contributed by atoms with Crippen LogP contribution in [0.25, 0.3) is 16.8 Å². The van der Waals surface area contributed by atoms with Gasteiger partial charge in [0.2, 0.25) is 0 Å². The summed E-state index contributed by atoms with van der Waals surface area (Å²) in [6.07, 6.45) is 1.53. The van der Waals surface area contributed by atoms with Crippen LogP contribution in [0.1, 0.15) is 11.1 Å². The van der Waals surface area contributed by atoms with E-state index in [1.807, 2.05) is 36.4 Å². The van der Waals surface area contributed by atoms with Crippen LogP contribution in [0.4, 0.5) is 11.4 Å². The number of nitro benzene ring substituents is 1. The van der Waals surface area contributed by atoms with Crippen molar-refractivity contribution in [3.05, 3.63) is 118 Å². The Labute approximate surface area is 200 Å². The van der Waals surface area contributed by atoms with Crippen LogP contribution >= 0.6 is 0 Å². The van der Waals surface area contributed by atoms with Crippen LogP contribution < -0.4 is 15.2 Å². The van der Waals surface area contributed by atoms with Crippen molar-refractivity contribution in [3.63, 3.8) is 0 Å². The molecule has 0 radical (unpaired) electrons. The van der Waals surface area contributed by atoms with Crippen molar-refractivity contribution >= 4 is 40.0 Å². The molecule has 0 spiro atoms. The predicted octanol–water partition coefficient (Wildman–Crippen LogP) is 4.79. The van der Waals surface area contributed by atoms with Crippen LogP contribution in [0.3, 0.4) is 0 Å². The van der Waals surface area contributed by atoms with E-state index in [0.717, 1.165) is 10.8 Å². The lowest BCUT2D eigenvalue weighted by Gasteiger charge is -2.14. The van der Waals surface area contributed by atoms with Gasteiger partial charge < -0.3 is 4.74 Å². The molecule has 0 bridgehead atoms. The summed E-state index contributed by atoms with van der Waals surface area (Å²) in [6.45, 7) is 0.0759. The third-order valence-electron chi connectivity index (χ3n) is 5.64. The van der Waals surface area contributed by atoms with Crippen molar-refractivity contribution in [1.82, 2.24) is 5.43 Å². The zero-order valence-electron chi connectivity index (χ0n) is 18.4. The quantitative estimate of drug-likeness (QED) is 0.191. The molecule has 1 aliphatic heterocycles. The second-order valence-electron chi connectivity index (χ2n) is 7.89. The van der Waals surface area contributed by atoms with Gasteiger partial charge in [0.05, 0.1) is 10.6 Å². The third-order valence-corrected chi connectivity index (χ3v) is 5.64. The molecule has 1 N–H and O–H groups in total. The SMILES string of the molecule is O=C1NN(c2ccccc2)C(=O)C1=Cc1c(OCc2cccc([N+](=O)[O-])c2)ccc2ccccc12. The van der Waals surface area contributed by atoms with E-state index in [-0.39, 0.29) is 17.9 Å². The van der Waals surface area contributed by atoms with Gasteiger partial charge in [0, 0.05) is 17.7 Å². The summed E-state index contributed by atoms with van der Waals surface area (Å²) < 4.78 is 6.03. The second-order valence-corrected chi connectivity index (χ2v) is 7.89. The number of rotatable bonds is 6. The number of benzene rings is 4. The number of hydrogen-bond donors (Lipinski definition) is 1. The van der Waals surface area contributed by atoms with Gasteiger partial charge >= 0.3 is 0 Å². The maximum absolute atomic E-state index is 13.1. The highest BCUT2D eigenvalue weighted by atomic mass is 16.6. The molecule has 172 valence electrons. The van der Waals surface area contributed by atoms with Crippen LogP contribution in [0.15, 0.2) is 96.6 Å². The molecule has 1 saturated heterocycles. The van der Waals surface area contributed by atoms with Crippen molar-refractivity contribution < 1.29 is 19.2 Å². The number of ether oxygens (including phenoxy) is 1. The maximum atomic E-state index is 13.1. The fourth-order valence-electron chi connectivity index (χ4n) is 3.93. The Morgan fingerprint density at radius 2 is 1.69 bits per heavy atom. The van der Waals surface area contributed by atoms with Gasteiger partial charge in [-0.15, -0.1) is 0 Å². The van der Waals surface area contributed by atoms with E-state index in [0.29, 0.717) is 22.6 Å². The van der Waals surface area contributed by atoms with Gasteiger partial charge in [0.15, 0.2) is 0 Å². The number of carbonyl (C=O) groups excluding carboxylic acids is 2. The molecule has 1 aliphatic rings. The number of nitrogens with zero attached hydrogens (tertiary/aromatic N) is 2. The van der Waals surface area contributed by atoms with Crippen LogP contribution in [-0.4, -0.2) is 16.7 Å². The van der Waals surface area contributed by atoms with Crippen LogP contribution in [0, 0.1) is 10.1 Å². The normalized spacial score (nSPS) is 14.4. The smallest absolute Gasteiger partial charge is 0.282 e. The predicted molar refractivity (Wildman–Crippen MR) is 131 cm³/mol. The number of para-hydroxylation sites is 1. The van der Waals surface area contributed by atoms with Gasteiger partial charge in [0.1, 0.15) is 17.9 Å². The number of nitro groups is 1. The summed E-state index contributed by atoms with van der Waals surface area (Å²) >= 11 is 0. The van der Waals surface area contributed by atoms with Gasteiger partial charge in [0.25, 0.3) is 17.5 Å². The minimum absolute atomic E-state index is 0.0228. The lowest BCUT2D eigenvalue weighted by molar-refractivity contribution is -0.384. The summed E-state index contributed by atoms with van der Waals surface area (Å²) in [5.41, 5.74) is 4.30. The van der Waals surface area contributed by atoms with Crippen molar-refractivity contribution in [1.29, 1.82) is 0 Å². The van der Waals surface area contributed by atoms with E-state index in [2.05, 4.69) is 5.43 Å². The summed E-state index contributed by atoms with van der Waals surface area (Å²) in [5.74, 6) is -0.545. The van der Waals surface area contributed by atoms with Crippen molar-refractivity contribution in [2.24, 2.45) is 0 Å². The molecule has 0 aromatic heterocycles. The molecule has 1 fully saturated rings. The number of amides is 2. The molecule has 35 heavy (non-hydrogen) atoms. The molecule has 4 aromatic rings. The van der Waals surface area contributed by atoms with Crippen molar-refractivity contribution in [3.8, 4) is 5.75 Å². The number of hydrazine groups is 1. The highest BCUT2D eigenvalue weighted by Gasteiger charge is 2.34. The highest BCUT2D eigenvalue weighted by Crippen LogP contribution is 2.32. The van der Waals surface area contributed by atoms with Gasteiger partial charge in [-0.3, -0.25) is 25.1 Å². The van der Waals surface area contributed by atoms with E-state index in [1.165, 1.54) is 23.2 Å². The van der Waals surface area contributed by atoms with Gasteiger partial charge in [-0.25, -0.2) is 5.01 Å². The van der Waals surface area contributed by atoms with E-state index in [4.69, 9.17) is 4.74 Å². The Morgan fingerprint density at radius 3 is 2.49 bits per heavy atom. The molecule has 0 aliphatic carbocycles. The molecule has 8 nitrogen and oxygen atoms in total. The van der Waals surface area contributed by atoms with Crippen LogP contribution in [0.5, 0.6) is 5.75 Å². The average Bonchev–Trinajstić information content (AvgIpc) is 3.17. The Bertz CT molecular complexity index is 1500. The number of hydrogen-bond acceptors (Lipinski definition) is 5. The molecule has 2 amide bonds. The van der Waals surface area contributed by atoms with Crippen molar-refractivity contribution in [2.75, 3.05) is 5.01 Å². The molecule has 0 saturated carbocycles. The third kappa shape index (κ3) is 4.32. The monoisotopic (exact) mass is 465 g/mol.